The van der Waals surface area contributed by atoms with Gasteiger partial charge in [0.25, 0.3) is 0 Å². The second-order valence-electron chi connectivity index (χ2n) is 4.57. The van der Waals surface area contributed by atoms with Crippen molar-refractivity contribution in [2.45, 2.75) is 38.0 Å². The van der Waals surface area contributed by atoms with E-state index in [1.807, 2.05) is 13.0 Å². The van der Waals surface area contributed by atoms with Crippen LogP contribution in [0.3, 0.4) is 0 Å². The predicted octanol–water partition coefficient (Wildman–Crippen LogP) is 3.21. The number of ether oxygens (including phenoxy) is 1. The molecule has 1 nitrogen and oxygen atoms in total. The van der Waals surface area contributed by atoms with E-state index >= 15 is 0 Å². The van der Waals surface area contributed by atoms with Gasteiger partial charge in [0.05, 0.1) is 7.11 Å². The Morgan fingerprint density at radius 2 is 1.79 bits per heavy atom. The minimum Gasteiger partial charge on any atom is -0.776 e. The molecule has 1 aromatic carbocycles. The van der Waals surface area contributed by atoms with Crippen LogP contribution in [0.5, 0.6) is 5.75 Å². The summed E-state index contributed by atoms with van der Waals surface area (Å²) >= 11 is 5.27. The summed E-state index contributed by atoms with van der Waals surface area (Å²) in [5.41, 5.74) is 2.52. The molecule has 0 radical (unpaired) electrons. The number of benzene rings is 1. The molecule has 0 aliphatic heterocycles. The van der Waals surface area contributed by atoms with Crippen LogP contribution in [0.1, 0.15) is 31.9 Å². The van der Waals surface area contributed by atoms with E-state index in [1.165, 1.54) is 5.56 Å². The highest BCUT2D eigenvalue weighted by molar-refractivity contribution is 7.59. The fourth-order valence-corrected chi connectivity index (χ4v) is 1.81. The molecule has 0 amide bonds. The molecule has 0 bridgehead atoms. The summed E-state index contributed by atoms with van der Waals surface area (Å²) in [6.07, 6.45) is 0. The first kappa shape index (κ1) is 11.3. The summed E-state index contributed by atoms with van der Waals surface area (Å²) in [6, 6.07) is 4.18. The minimum atomic E-state index is 0.143. The lowest BCUT2D eigenvalue weighted by Crippen LogP contribution is -2.11. The van der Waals surface area contributed by atoms with Gasteiger partial charge < -0.3 is 17.4 Å². The summed E-state index contributed by atoms with van der Waals surface area (Å²) < 4.78 is 5.24. The van der Waals surface area contributed by atoms with Gasteiger partial charge in [-0.2, -0.15) is 0 Å². The predicted molar refractivity (Wildman–Crippen MR) is 62.1 cm³/mol. The zero-order chi connectivity index (χ0) is 10.9. The quantitative estimate of drug-likeness (QED) is 0.657. The molecule has 0 unspecified atom stereocenters. The molecule has 0 atom stereocenters. The fraction of sp³-hybridized carbons (Fsp3) is 0.500. The van der Waals surface area contributed by atoms with Crippen LogP contribution >= 0.6 is 0 Å². The Kier molecular flexibility index (Phi) is 3.05. The summed E-state index contributed by atoms with van der Waals surface area (Å²) in [6.45, 7) is 8.58. The van der Waals surface area contributed by atoms with Crippen LogP contribution in [0, 0.1) is 6.92 Å². The lowest BCUT2D eigenvalue weighted by Gasteiger charge is -2.24. The van der Waals surface area contributed by atoms with E-state index in [0.29, 0.717) is 0 Å². The first-order valence-corrected chi connectivity index (χ1v) is 5.13. The van der Waals surface area contributed by atoms with Crippen LogP contribution in [0.25, 0.3) is 0 Å². The van der Waals surface area contributed by atoms with Crippen LogP contribution in [0.4, 0.5) is 0 Å². The summed E-state index contributed by atoms with van der Waals surface area (Å²) in [5, 5.41) is 0. The largest absolute Gasteiger partial charge is 0.776 e. The lowest BCUT2D eigenvalue weighted by molar-refractivity contribution is 0.400. The fourth-order valence-electron chi connectivity index (χ4n) is 1.44. The maximum atomic E-state index is 5.27. The van der Waals surface area contributed by atoms with Crippen LogP contribution in [0.15, 0.2) is 17.0 Å². The summed E-state index contributed by atoms with van der Waals surface area (Å²) in [4.78, 5) is 0.803. The Bertz CT molecular complexity index is 314. The number of hydrogen-bond donors (Lipinski definition) is 0. The van der Waals surface area contributed by atoms with Gasteiger partial charge in [0, 0.05) is 0 Å². The lowest BCUT2D eigenvalue weighted by atomic mass is 9.86. The van der Waals surface area contributed by atoms with Gasteiger partial charge in [0.15, 0.2) is 0 Å². The Labute approximate surface area is 91.9 Å². The van der Waals surface area contributed by atoms with Gasteiger partial charge >= 0.3 is 0 Å². The average Bonchev–Trinajstić information content (AvgIpc) is 2.01. The molecule has 2 heteroatoms. The van der Waals surface area contributed by atoms with E-state index in [-0.39, 0.29) is 5.41 Å². The summed E-state index contributed by atoms with van der Waals surface area (Å²) in [5.74, 6) is 0.827. The van der Waals surface area contributed by atoms with Crippen molar-refractivity contribution >= 4 is 12.6 Å². The van der Waals surface area contributed by atoms with Crippen molar-refractivity contribution in [1.82, 2.24) is 0 Å². The third kappa shape index (κ3) is 2.18. The number of methoxy groups -OCH3 is 1. The summed E-state index contributed by atoms with van der Waals surface area (Å²) in [7, 11) is 1.66. The van der Waals surface area contributed by atoms with E-state index in [4.69, 9.17) is 17.4 Å². The van der Waals surface area contributed by atoms with Crippen molar-refractivity contribution in [2.24, 2.45) is 0 Å². The maximum Gasteiger partial charge on any atom is 0.102 e. The Balaban J connectivity index is 3.28. The molecular formula is C12H17OS-. The molecule has 14 heavy (non-hydrogen) atoms. The van der Waals surface area contributed by atoms with Crippen molar-refractivity contribution in [2.75, 3.05) is 7.11 Å². The van der Waals surface area contributed by atoms with Crippen LogP contribution < -0.4 is 4.74 Å². The second kappa shape index (κ2) is 3.77. The zero-order valence-corrected chi connectivity index (χ0v) is 10.3. The van der Waals surface area contributed by atoms with Gasteiger partial charge in [-0.25, -0.2) is 0 Å². The van der Waals surface area contributed by atoms with Crippen LogP contribution in [-0.2, 0) is 18.0 Å². The Hall–Kier alpha value is -0.760. The van der Waals surface area contributed by atoms with Gasteiger partial charge in [-0.3, -0.25) is 0 Å². The first-order valence-electron chi connectivity index (χ1n) is 4.72. The third-order valence-corrected chi connectivity index (χ3v) is 2.61. The van der Waals surface area contributed by atoms with Gasteiger partial charge in [-0.15, -0.1) is 4.90 Å². The molecule has 1 rings (SSSR count). The number of aryl methyl sites for hydroxylation is 1. The molecule has 0 aliphatic carbocycles. The monoisotopic (exact) mass is 209 g/mol. The van der Waals surface area contributed by atoms with Crippen molar-refractivity contribution in [3.63, 3.8) is 0 Å². The van der Waals surface area contributed by atoms with Crippen molar-refractivity contribution in [3.05, 3.63) is 23.3 Å². The van der Waals surface area contributed by atoms with Crippen molar-refractivity contribution < 1.29 is 4.74 Å². The number of hydrogen-bond acceptors (Lipinski definition) is 2. The smallest absolute Gasteiger partial charge is 0.102 e. The molecule has 1 aromatic rings. The Morgan fingerprint density at radius 1 is 1.21 bits per heavy atom. The van der Waals surface area contributed by atoms with Gasteiger partial charge in [-0.1, -0.05) is 32.9 Å². The molecule has 0 saturated heterocycles. The van der Waals surface area contributed by atoms with Gasteiger partial charge in [-0.05, 0) is 23.5 Å². The van der Waals surface area contributed by atoms with Crippen molar-refractivity contribution in [3.8, 4) is 5.75 Å². The second-order valence-corrected chi connectivity index (χ2v) is 5.01. The number of rotatable bonds is 1. The molecule has 0 spiro atoms. The molecule has 0 aliphatic rings. The molecular weight excluding hydrogens is 192 g/mol. The maximum absolute atomic E-state index is 5.27. The topological polar surface area (TPSA) is 9.23 Å². The minimum absolute atomic E-state index is 0.143. The third-order valence-electron chi connectivity index (χ3n) is 2.31. The molecule has 0 aromatic heterocycles. The standard InChI is InChI=1S/C12H18OS/c1-8-6-9(12(2,3)4)7-10(14)11(8)13-5/h6-7,14H,1-5H3/p-1. The SMILES string of the molecule is COc1c(C)cc(C(C)(C)C)cc1[S-]. The molecule has 0 N–H and O–H groups in total. The Morgan fingerprint density at radius 3 is 2.14 bits per heavy atom. The highest BCUT2D eigenvalue weighted by Crippen LogP contribution is 2.30. The van der Waals surface area contributed by atoms with Gasteiger partial charge in [0.1, 0.15) is 5.75 Å². The molecule has 0 saturated carbocycles. The normalized spacial score (nSPS) is 11.5. The van der Waals surface area contributed by atoms with E-state index in [0.717, 1.165) is 16.2 Å². The molecule has 78 valence electrons. The van der Waals surface area contributed by atoms with Gasteiger partial charge in [0.2, 0.25) is 0 Å². The molecule has 0 fully saturated rings. The van der Waals surface area contributed by atoms with Crippen LogP contribution in [-0.4, -0.2) is 7.11 Å². The van der Waals surface area contributed by atoms with E-state index < -0.39 is 0 Å². The first-order chi connectivity index (χ1) is 6.36. The van der Waals surface area contributed by atoms with E-state index in [2.05, 4.69) is 26.8 Å². The average molecular weight is 209 g/mol. The highest BCUT2D eigenvalue weighted by atomic mass is 32.1. The zero-order valence-electron chi connectivity index (χ0n) is 9.47. The highest BCUT2D eigenvalue weighted by Gasteiger charge is 2.14. The van der Waals surface area contributed by atoms with E-state index in [9.17, 15) is 0 Å². The molecule has 0 heterocycles. The van der Waals surface area contributed by atoms with Crippen molar-refractivity contribution in [1.29, 1.82) is 0 Å². The van der Waals surface area contributed by atoms with Crippen LogP contribution in [0.2, 0.25) is 0 Å². The van der Waals surface area contributed by atoms with E-state index in [1.54, 1.807) is 7.11 Å².